The Morgan fingerprint density at radius 3 is 1.94 bits per heavy atom. The molecule has 0 amide bonds. The van der Waals surface area contributed by atoms with Crippen LogP contribution in [0.25, 0.3) is 0 Å². The zero-order valence-corrected chi connectivity index (χ0v) is 10.5. The lowest BCUT2D eigenvalue weighted by Gasteiger charge is -2.07. The highest BCUT2D eigenvalue weighted by Gasteiger charge is 2.06. The smallest absolute Gasteiger partial charge is 0.324 e. The quantitative estimate of drug-likeness (QED) is 0.889. The normalized spacial score (nSPS) is 9.94. The predicted molar refractivity (Wildman–Crippen MR) is 67.4 cm³/mol. The highest BCUT2D eigenvalue weighted by atomic mass is 16.5. The number of rotatable bonds is 4. The van der Waals surface area contributed by atoms with Crippen molar-refractivity contribution in [1.29, 1.82) is 0 Å². The van der Waals surface area contributed by atoms with Crippen molar-refractivity contribution in [2.24, 2.45) is 0 Å². The monoisotopic (exact) mass is 246 g/mol. The van der Waals surface area contributed by atoms with E-state index in [1.54, 1.807) is 0 Å². The van der Waals surface area contributed by atoms with E-state index < -0.39 is 0 Å². The Kier molecular flexibility index (Phi) is 3.57. The number of hydrogen-bond donors (Lipinski definition) is 1. The number of hydrogen-bond acceptors (Lipinski definition) is 6. The molecule has 2 rings (SSSR count). The fourth-order valence-electron chi connectivity index (χ4n) is 1.34. The van der Waals surface area contributed by atoms with E-state index in [9.17, 15) is 0 Å². The summed E-state index contributed by atoms with van der Waals surface area (Å²) in [5, 5.41) is 3.06. The van der Waals surface area contributed by atoms with Gasteiger partial charge in [0.2, 0.25) is 5.95 Å². The molecule has 6 nitrogen and oxygen atoms in total. The fourth-order valence-corrected chi connectivity index (χ4v) is 1.34. The van der Waals surface area contributed by atoms with E-state index in [2.05, 4.69) is 20.3 Å². The number of nitrogens with one attached hydrogen (secondary N) is 1. The maximum Gasteiger partial charge on any atom is 0.324 e. The van der Waals surface area contributed by atoms with Gasteiger partial charge in [0.1, 0.15) is 0 Å². The van der Waals surface area contributed by atoms with E-state index in [1.807, 2.05) is 31.2 Å². The van der Waals surface area contributed by atoms with Crippen molar-refractivity contribution in [3.05, 3.63) is 29.8 Å². The summed E-state index contributed by atoms with van der Waals surface area (Å²) in [4.78, 5) is 12.1. The average Bonchev–Trinajstić information content (AvgIpc) is 2.41. The molecule has 0 saturated carbocycles. The molecule has 0 fully saturated rings. The summed E-state index contributed by atoms with van der Waals surface area (Å²) in [6.07, 6.45) is 0. The maximum absolute atomic E-state index is 4.97. The minimum absolute atomic E-state index is 0.205. The van der Waals surface area contributed by atoms with Crippen molar-refractivity contribution in [3.63, 3.8) is 0 Å². The molecule has 1 aromatic heterocycles. The first-order valence-electron chi connectivity index (χ1n) is 5.39. The lowest BCUT2D eigenvalue weighted by molar-refractivity contribution is 0.341. The standard InChI is InChI=1S/C12H14N4O2/c1-8-4-6-9(7-5-8)13-10-14-11(17-2)16-12(15-10)18-3/h4-7H,1-3H3,(H,13,14,15,16). The topological polar surface area (TPSA) is 69.2 Å². The number of aromatic nitrogens is 3. The molecule has 94 valence electrons. The van der Waals surface area contributed by atoms with Crippen molar-refractivity contribution >= 4 is 11.6 Å². The molecule has 0 aliphatic heterocycles. The Hall–Kier alpha value is -2.37. The van der Waals surface area contributed by atoms with E-state index in [0.717, 1.165) is 5.69 Å². The summed E-state index contributed by atoms with van der Waals surface area (Å²) in [6, 6.07) is 8.29. The third kappa shape index (κ3) is 2.85. The molecule has 0 atom stereocenters. The van der Waals surface area contributed by atoms with Gasteiger partial charge in [-0.15, -0.1) is 4.98 Å². The fraction of sp³-hybridized carbons (Fsp3) is 0.250. The van der Waals surface area contributed by atoms with E-state index in [4.69, 9.17) is 9.47 Å². The Balaban J connectivity index is 2.25. The first-order chi connectivity index (χ1) is 8.71. The maximum atomic E-state index is 4.97. The Bertz CT molecular complexity index is 506. The van der Waals surface area contributed by atoms with Crippen LogP contribution in [0.2, 0.25) is 0 Å². The number of nitrogens with zero attached hydrogens (tertiary/aromatic N) is 3. The molecule has 1 N–H and O–H groups in total. The van der Waals surface area contributed by atoms with Gasteiger partial charge < -0.3 is 14.8 Å². The molecule has 2 aromatic rings. The van der Waals surface area contributed by atoms with E-state index in [-0.39, 0.29) is 12.0 Å². The van der Waals surface area contributed by atoms with Crippen LogP contribution in [0, 0.1) is 6.92 Å². The molecule has 0 spiro atoms. The average molecular weight is 246 g/mol. The van der Waals surface area contributed by atoms with Crippen molar-refractivity contribution in [1.82, 2.24) is 15.0 Å². The summed E-state index contributed by atoms with van der Waals surface area (Å²) in [6.45, 7) is 2.03. The van der Waals surface area contributed by atoms with Gasteiger partial charge in [0.25, 0.3) is 0 Å². The van der Waals surface area contributed by atoms with Gasteiger partial charge in [-0.05, 0) is 19.1 Å². The summed E-state index contributed by atoms with van der Waals surface area (Å²) in [5.74, 6) is 0.377. The Labute approximate surface area is 105 Å². The Morgan fingerprint density at radius 2 is 1.44 bits per heavy atom. The van der Waals surface area contributed by atoms with Crippen LogP contribution in [0.15, 0.2) is 24.3 Å². The molecule has 1 aromatic carbocycles. The molecule has 0 aliphatic rings. The van der Waals surface area contributed by atoms with Crippen LogP contribution in [-0.2, 0) is 0 Å². The van der Waals surface area contributed by atoms with Crippen LogP contribution in [0.3, 0.4) is 0 Å². The van der Waals surface area contributed by atoms with E-state index >= 15 is 0 Å². The van der Waals surface area contributed by atoms with E-state index in [0.29, 0.717) is 5.95 Å². The van der Waals surface area contributed by atoms with Crippen molar-refractivity contribution in [3.8, 4) is 12.0 Å². The third-order valence-corrected chi connectivity index (χ3v) is 2.27. The van der Waals surface area contributed by atoms with Crippen LogP contribution in [0.1, 0.15) is 5.56 Å². The first-order valence-corrected chi connectivity index (χ1v) is 5.39. The second-order valence-electron chi connectivity index (χ2n) is 3.62. The zero-order chi connectivity index (χ0) is 13.0. The van der Waals surface area contributed by atoms with Crippen molar-refractivity contribution in [2.45, 2.75) is 6.92 Å². The van der Waals surface area contributed by atoms with Gasteiger partial charge in [-0.1, -0.05) is 17.7 Å². The minimum Gasteiger partial charge on any atom is -0.467 e. The number of anilines is 2. The van der Waals surface area contributed by atoms with Crippen LogP contribution < -0.4 is 14.8 Å². The van der Waals surface area contributed by atoms with E-state index in [1.165, 1.54) is 19.8 Å². The summed E-state index contributed by atoms with van der Waals surface area (Å²) >= 11 is 0. The molecule has 6 heteroatoms. The van der Waals surface area contributed by atoms with Crippen molar-refractivity contribution < 1.29 is 9.47 Å². The third-order valence-electron chi connectivity index (χ3n) is 2.27. The summed E-state index contributed by atoms with van der Waals surface area (Å²) in [5.41, 5.74) is 2.07. The SMILES string of the molecule is COc1nc(Nc2ccc(C)cc2)nc(OC)n1. The highest BCUT2D eigenvalue weighted by molar-refractivity contribution is 5.53. The van der Waals surface area contributed by atoms with Gasteiger partial charge in [0, 0.05) is 5.69 Å². The van der Waals surface area contributed by atoms with Gasteiger partial charge in [0.05, 0.1) is 14.2 Å². The molecule has 18 heavy (non-hydrogen) atoms. The van der Waals surface area contributed by atoms with Crippen LogP contribution in [0.4, 0.5) is 11.6 Å². The molecule has 0 aliphatic carbocycles. The molecular formula is C12H14N4O2. The van der Waals surface area contributed by atoms with Gasteiger partial charge in [0.15, 0.2) is 0 Å². The summed E-state index contributed by atoms with van der Waals surface area (Å²) < 4.78 is 9.94. The Morgan fingerprint density at radius 1 is 0.889 bits per heavy atom. The largest absolute Gasteiger partial charge is 0.467 e. The predicted octanol–water partition coefficient (Wildman–Crippen LogP) is 1.94. The molecule has 1 heterocycles. The highest BCUT2D eigenvalue weighted by Crippen LogP contribution is 2.17. The van der Waals surface area contributed by atoms with Gasteiger partial charge >= 0.3 is 12.0 Å². The van der Waals surface area contributed by atoms with Gasteiger partial charge in [-0.3, -0.25) is 0 Å². The first kappa shape index (κ1) is 12.1. The van der Waals surface area contributed by atoms with Crippen LogP contribution >= 0.6 is 0 Å². The molecule has 0 saturated heterocycles. The molecular weight excluding hydrogens is 232 g/mol. The van der Waals surface area contributed by atoms with Crippen molar-refractivity contribution in [2.75, 3.05) is 19.5 Å². The number of benzene rings is 1. The molecule has 0 radical (unpaired) electrons. The van der Waals surface area contributed by atoms with Crippen LogP contribution in [-0.4, -0.2) is 29.2 Å². The lowest BCUT2D eigenvalue weighted by atomic mass is 10.2. The lowest BCUT2D eigenvalue weighted by Crippen LogP contribution is -2.03. The number of aryl methyl sites for hydroxylation is 1. The molecule has 0 unspecified atom stereocenters. The van der Waals surface area contributed by atoms with Crippen LogP contribution in [0.5, 0.6) is 12.0 Å². The van der Waals surface area contributed by atoms with Gasteiger partial charge in [-0.25, -0.2) is 0 Å². The minimum atomic E-state index is 0.205. The summed E-state index contributed by atoms with van der Waals surface area (Å²) in [7, 11) is 2.98. The van der Waals surface area contributed by atoms with Gasteiger partial charge in [-0.2, -0.15) is 9.97 Å². The zero-order valence-electron chi connectivity index (χ0n) is 10.5. The second kappa shape index (κ2) is 5.31. The number of methoxy groups -OCH3 is 2. The molecule has 0 bridgehead atoms. The second-order valence-corrected chi connectivity index (χ2v) is 3.62. The number of ether oxygens (including phenoxy) is 2.